The summed E-state index contributed by atoms with van der Waals surface area (Å²) in [6.07, 6.45) is 6.72. The minimum Gasteiger partial charge on any atom is -0.515 e. The average molecular weight is 577 g/mol. The second-order valence-electron chi connectivity index (χ2n) is 16.8. The van der Waals surface area contributed by atoms with Crippen molar-refractivity contribution in [1.82, 2.24) is 0 Å². The van der Waals surface area contributed by atoms with Gasteiger partial charge in [-0.25, -0.2) is 0 Å². The number of hydrogen-bond acceptors (Lipinski definition) is 4. The third-order valence-corrected chi connectivity index (χ3v) is 21.6. The van der Waals surface area contributed by atoms with Gasteiger partial charge in [-0.1, -0.05) is 67.5 Å². The normalized spacial score (nSPS) is 35.9. The molecule has 0 aromatic heterocycles. The van der Waals surface area contributed by atoms with E-state index in [4.69, 9.17) is 8.85 Å². The smallest absolute Gasteiger partial charge is 0.191 e. The molecule has 3 aliphatic carbocycles. The zero-order valence-electron chi connectivity index (χ0n) is 27.4. The molecule has 39 heavy (non-hydrogen) atoms. The minimum absolute atomic E-state index is 0.0859. The first-order valence-electron chi connectivity index (χ1n) is 15.4. The van der Waals surface area contributed by atoms with Crippen LogP contribution in [0.1, 0.15) is 93.9 Å². The van der Waals surface area contributed by atoms with Gasteiger partial charge in [-0.15, -0.1) is 0 Å². The van der Waals surface area contributed by atoms with Crippen LogP contribution < -0.4 is 0 Å². The minimum atomic E-state index is -1.97. The molecule has 6 atom stereocenters. The van der Waals surface area contributed by atoms with E-state index in [0.717, 1.165) is 32.1 Å². The van der Waals surface area contributed by atoms with Gasteiger partial charge < -0.3 is 14.0 Å². The summed E-state index contributed by atoms with van der Waals surface area (Å²) < 4.78 is 13.8. The molecule has 0 heterocycles. The van der Waals surface area contributed by atoms with Crippen LogP contribution in [0.4, 0.5) is 0 Å². The van der Waals surface area contributed by atoms with Crippen molar-refractivity contribution in [3.8, 4) is 0 Å². The summed E-state index contributed by atoms with van der Waals surface area (Å²) >= 11 is 0. The number of aliphatic hydroxyl groups excluding tert-OH is 1. The van der Waals surface area contributed by atoms with Crippen molar-refractivity contribution in [3.05, 3.63) is 24.0 Å². The Morgan fingerprint density at radius 2 is 1.49 bits per heavy atom. The van der Waals surface area contributed by atoms with Crippen LogP contribution in [0.3, 0.4) is 0 Å². The van der Waals surface area contributed by atoms with Crippen LogP contribution in [0.2, 0.25) is 36.3 Å². The van der Waals surface area contributed by atoms with Gasteiger partial charge in [-0.05, 0) is 103 Å². The number of allylic oxidation sites excluding steroid dienone is 2. The van der Waals surface area contributed by atoms with Gasteiger partial charge in [-0.3, -0.25) is 4.79 Å². The highest BCUT2D eigenvalue weighted by Crippen LogP contribution is 2.64. The van der Waals surface area contributed by atoms with Gasteiger partial charge in [-0.2, -0.15) is 0 Å². The molecule has 4 nitrogen and oxygen atoms in total. The number of carbonyl (C=O) groups excluding carboxylic acids is 1. The maximum absolute atomic E-state index is 13.2. The number of Topliss-reactive ketones (excluding diaryl/α,β-unsaturated/α-hetero) is 1. The van der Waals surface area contributed by atoms with E-state index in [1.807, 2.05) is 0 Å². The highest BCUT2D eigenvalue weighted by atomic mass is 28.4. The number of carbonyl (C=O) groups is 1. The fraction of sp³-hybridized carbons (Fsp3) is 0.848. The largest absolute Gasteiger partial charge is 0.515 e. The molecule has 3 saturated carbocycles. The van der Waals surface area contributed by atoms with Crippen molar-refractivity contribution in [2.45, 2.75) is 130 Å². The monoisotopic (exact) mass is 576 g/mol. The molecule has 3 aliphatic rings. The molecule has 0 radical (unpaired) electrons. The predicted octanol–water partition coefficient (Wildman–Crippen LogP) is 9.46. The highest BCUT2D eigenvalue weighted by Gasteiger charge is 2.58. The number of ketones is 1. The standard InChI is InChI=1S/C33H60O4Si2/c1-23-14-15-27-26(22-37-39(12,13)31(5,6)7)28(16-17-32(23,27)8)33(9)19-24(20-34)29(35)18-25(33)21-36-38(10,11)30(2,3)4/h20,25-28,34H,1,14-19,21-22H2,2-13H3/t25-,26+,27+,28+,32-,33+/m1/s1. The third kappa shape index (κ3) is 6.10. The van der Waals surface area contributed by atoms with Crippen LogP contribution in [0.5, 0.6) is 0 Å². The molecule has 1 N–H and O–H groups in total. The number of hydrogen-bond donors (Lipinski definition) is 1. The lowest BCUT2D eigenvalue weighted by molar-refractivity contribution is -0.126. The van der Waals surface area contributed by atoms with Gasteiger partial charge in [0.1, 0.15) is 0 Å². The fourth-order valence-electron chi connectivity index (χ4n) is 7.33. The van der Waals surface area contributed by atoms with Gasteiger partial charge >= 0.3 is 0 Å². The van der Waals surface area contributed by atoms with E-state index in [-0.39, 0.29) is 32.6 Å². The van der Waals surface area contributed by atoms with Crippen LogP contribution in [-0.4, -0.2) is 40.7 Å². The summed E-state index contributed by atoms with van der Waals surface area (Å²) in [7, 11) is -3.91. The predicted molar refractivity (Wildman–Crippen MR) is 169 cm³/mol. The van der Waals surface area contributed by atoms with Gasteiger partial charge in [0.2, 0.25) is 0 Å². The third-order valence-electron chi connectivity index (χ3n) is 12.6. The summed E-state index contributed by atoms with van der Waals surface area (Å²) in [6.45, 7) is 33.9. The fourth-order valence-corrected chi connectivity index (χ4v) is 9.43. The van der Waals surface area contributed by atoms with Gasteiger partial charge in [0.15, 0.2) is 22.4 Å². The van der Waals surface area contributed by atoms with Gasteiger partial charge in [0.05, 0.1) is 6.26 Å². The molecular weight excluding hydrogens is 517 g/mol. The Morgan fingerprint density at radius 3 is 2.00 bits per heavy atom. The molecule has 0 unspecified atom stereocenters. The Kier molecular flexibility index (Phi) is 9.13. The second kappa shape index (κ2) is 10.9. The molecule has 0 aromatic carbocycles. The Labute approximate surface area is 242 Å². The maximum Gasteiger partial charge on any atom is 0.191 e. The molecular formula is C33H60O4Si2. The molecule has 0 bridgehead atoms. The van der Waals surface area contributed by atoms with E-state index in [1.165, 1.54) is 12.0 Å². The van der Waals surface area contributed by atoms with Crippen molar-refractivity contribution in [3.63, 3.8) is 0 Å². The summed E-state index contributed by atoms with van der Waals surface area (Å²) in [5.41, 5.74) is 2.04. The lowest BCUT2D eigenvalue weighted by atomic mass is 9.49. The number of rotatable bonds is 7. The molecule has 0 aliphatic heterocycles. The first kappa shape index (κ1) is 32.8. The van der Waals surface area contributed by atoms with Crippen molar-refractivity contribution < 1.29 is 18.8 Å². The van der Waals surface area contributed by atoms with Crippen LogP contribution in [0.25, 0.3) is 0 Å². The van der Waals surface area contributed by atoms with Crippen LogP contribution in [0.15, 0.2) is 24.0 Å². The quantitative estimate of drug-likeness (QED) is 0.142. The van der Waals surface area contributed by atoms with E-state index in [9.17, 15) is 9.90 Å². The number of fused-ring (bicyclic) bond motifs is 1. The van der Waals surface area contributed by atoms with Crippen molar-refractivity contribution in [2.24, 2.45) is 34.5 Å². The summed E-state index contributed by atoms with van der Waals surface area (Å²) in [5.74, 6) is 1.58. The average Bonchev–Trinajstić information content (AvgIpc) is 3.10. The van der Waals surface area contributed by atoms with E-state index < -0.39 is 16.6 Å². The Hall–Kier alpha value is -0.696. The molecule has 6 heteroatoms. The first-order valence-corrected chi connectivity index (χ1v) is 21.2. The molecule has 0 aromatic rings. The maximum atomic E-state index is 13.2. The number of aliphatic hydroxyl groups is 1. The Morgan fingerprint density at radius 1 is 0.949 bits per heavy atom. The van der Waals surface area contributed by atoms with E-state index in [0.29, 0.717) is 42.8 Å². The molecule has 0 amide bonds. The molecule has 3 rings (SSSR count). The van der Waals surface area contributed by atoms with Crippen molar-refractivity contribution in [2.75, 3.05) is 13.2 Å². The Bertz CT molecular complexity index is 969. The first-order chi connectivity index (χ1) is 17.6. The summed E-state index contributed by atoms with van der Waals surface area (Å²) in [6, 6.07) is 0. The van der Waals surface area contributed by atoms with Crippen molar-refractivity contribution in [1.29, 1.82) is 0 Å². The Balaban J connectivity index is 2.02. The van der Waals surface area contributed by atoms with Gasteiger partial charge in [0.25, 0.3) is 0 Å². The lowest BCUT2D eigenvalue weighted by Crippen LogP contribution is -2.54. The van der Waals surface area contributed by atoms with Gasteiger partial charge in [0, 0.05) is 25.2 Å². The molecule has 0 saturated heterocycles. The topological polar surface area (TPSA) is 55.8 Å². The zero-order valence-corrected chi connectivity index (χ0v) is 29.4. The second-order valence-corrected chi connectivity index (χ2v) is 26.4. The van der Waals surface area contributed by atoms with Crippen LogP contribution in [-0.2, 0) is 13.6 Å². The highest BCUT2D eigenvalue weighted by molar-refractivity contribution is 6.74. The van der Waals surface area contributed by atoms with E-state index >= 15 is 0 Å². The van der Waals surface area contributed by atoms with Crippen LogP contribution in [0, 0.1) is 34.5 Å². The van der Waals surface area contributed by atoms with E-state index in [2.05, 4.69) is 88.2 Å². The lowest BCUT2D eigenvalue weighted by Gasteiger charge is -2.57. The molecule has 224 valence electrons. The summed E-state index contributed by atoms with van der Waals surface area (Å²) in [4.78, 5) is 13.2. The van der Waals surface area contributed by atoms with Crippen LogP contribution >= 0.6 is 0 Å². The van der Waals surface area contributed by atoms with E-state index in [1.54, 1.807) is 0 Å². The zero-order chi connectivity index (χ0) is 29.8. The van der Waals surface area contributed by atoms with Crippen molar-refractivity contribution >= 4 is 22.4 Å². The summed E-state index contributed by atoms with van der Waals surface area (Å²) in [5, 5.41) is 10.4. The molecule has 0 spiro atoms. The molecule has 3 fully saturated rings. The SMILES string of the molecule is C=C1CC[C@H]2[C@H](CO[Si](C)(C)C(C)(C)C)[C@@H]([C@@]3(C)CC(=CO)C(=O)C[C@@H]3CO[Si](C)(C)C(C)(C)C)CC[C@]12C.